The number of carbonyl (C=O) groups is 1. The molecule has 7 heteroatoms. The van der Waals surface area contributed by atoms with Crippen LogP contribution in [-0.4, -0.2) is 47.0 Å². The number of morpholine rings is 1. The van der Waals surface area contributed by atoms with Gasteiger partial charge in [0.1, 0.15) is 5.69 Å². The minimum Gasteiger partial charge on any atom is -0.378 e. The number of hydrogen-bond donors (Lipinski definition) is 1. The first kappa shape index (κ1) is 19.3. The summed E-state index contributed by atoms with van der Waals surface area (Å²) in [6, 6.07) is 21.6. The molecule has 1 saturated heterocycles. The molecular formula is C24H23N5O2. The minimum atomic E-state index is -0.274. The zero-order chi connectivity index (χ0) is 21.0. The van der Waals surface area contributed by atoms with E-state index >= 15 is 0 Å². The number of amides is 1. The Morgan fingerprint density at radius 1 is 0.968 bits per heavy atom. The summed E-state index contributed by atoms with van der Waals surface area (Å²) in [6.07, 6.45) is 1.61. The summed E-state index contributed by atoms with van der Waals surface area (Å²) in [5.41, 5.74) is 3.53. The van der Waals surface area contributed by atoms with Crippen molar-refractivity contribution in [1.29, 1.82) is 0 Å². The molecule has 7 nitrogen and oxygen atoms in total. The van der Waals surface area contributed by atoms with Gasteiger partial charge in [-0.25, -0.2) is 0 Å². The van der Waals surface area contributed by atoms with Gasteiger partial charge in [0.2, 0.25) is 0 Å². The van der Waals surface area contributed by atoms with E-state index in [0.717, 1.165) is 35.2 Å². The van der Waals surface area contributed by atoms with Crippen molar-refractivity contribution in [3.05, 3.63) is 84.2 Å². The van der Waals surface area contributed by atoms with Crippen LogP contribution in [0.5, 0.6) is 0 Å². The fourth-order valence-corrected chi connectivity index (χ4v) is 3.91. The second-order valence-corrected chi connectivity index (χ2v) is 7.43. The molecule has 1 aliphatic heterocycles. The second-order valence-electron chi connectivity index (χ2n) is 7.43. The average molecular weight is 413 g/mol. The molecule has 0 aliphatic carbocycles. The van der Waals surface area contributed by atoms with Crippen LogP contribution in [0.3, 0.4) is 0 Å². The Balaban J connectivity index is 1.59. The van der Waals surface area contributed by atoms with Gasteiger partial charge < -0.3 is 15.0 Å². The standard InChI is InChI=1S/C24H23N5O2/c30-24(19-9-4-5-12-25-19)26-23-22-20(28-13-15-31-16-14-28)10-6-11-21(22)29(27-23)17-18-7-2-1-3-8-18/h1-12H,13-17H2,(H,26,27,30). The number of ether oxygens (including phenoxy) is 1. The highest BCUT2D eigenvalue weighted by Gasteiger charge is 2.21. The molecule has 0 unspecified atom stereocenters. The summed E-state index contributed by atoms with van der Waals surface area (Å²) in [4.78, 5) is 19.3. The van der Waals surface area contributed by atoms with Crippen LogP contribution >= 0.6 is 0 Å². The SMILES string of the molecule is O=C(Nc1nn(Cc2ccccc2)c2cccc(N3CCOCC3)c12)c1ccccn1. The quantitative estimate of drug-likeness (QED) is 0.542. The summed E-state index contributed by atoms with van der Waals surface area (Å²) in [5, 5.41) is 8.74. The molecule has 0 spiro atoms. The van der Waals surface area contributed by atoms with Crippen LogP contribution in [0.2, 0.25) is 0 Å². The summed E-state index contributed by atoms with van der Waals surface area (Å²) in [6.45, 7) is 3.59. The van der Waals surface area contributed by atoms with Crippen LogP contribution < -0.4 is 10.2 Å². The van der Waals surface area contributed by atoms with Gasteiger partial charge in [0.25, 0.3) is 5.91 Å². The number of nitrogens with one attached hydrogen (secondary N) is 1. The monoisotopic (exact) mass is 413 g/mol. The van der Waals surface area contributed by atoms with Crippen LogP contribution in [0, 0.1) is 0 Å². The highest BCUT2D eigenvalue weighted by Crippen LogP contribution is 2.34. The summed E-state index contributed by atoms with van der Waals surface area (Å²) in [7, 11) is 0. The van der Waals surface area contributed by atoms with Crippen LogP contribution in [-0.2, 0) is 11.3 Å². The number of aromatic nitrogens is 3. The Hall–Kier alpha value is -3.71. The largest absolute Gasteiger partial charge is 0.378 e. The first-order valence-corrected chi connectivity index (χ1v) is 10.4. The summed E-state index contributed by atoms with van der Waals surface area (Å²) < 4.78 is 7.48. The molecule has 3 heterocycles. The van der Waals surface area contributed by atoms with Crippen molar-refractivity contribution < 1.29 is 9.53 Å². The molecule has 156 valence electrons. The Kier molecular flexibility index (Phi) is 5.33. The molecule has 1 aliphatic rings. The van der Waals surface area contributed by atoms with Gasteiger partial charge in [-0.2, -0.15) is 5.10 Å². The Morgan fingerprint density at radius 2 is 1.77 bits per heavy atom. The number of anilines is 2. The normalized spacial score (nSPS) is 14.0. The fraction of sp³-hybridized carbons (Fsp3) is 0.208. The zero-order valence-corrected chi connectivity index (χ0v) is 17.1. The smallest absolute Gasteiger partial charge is 0.275 e. The number of benzene rings is 2. The predicted molar refractivity (Wildman–Crippen MR) is 120 cm³/mol. The van der Waals surface area contributed by atoms with Gasteiger partial charge >= 0.3 is 0 Å². The topological polar surface area (TPSA) is 72.3 Å². The van der Waals surface area contributed by atoms with Crippen LogP contribution in [0.1, 0.15) is 16.1 Å². The Morgan fingerprint density at radius 3 is 2.55 bits per heavy atom. The van der Waals surface area contributed by atoms with Gasteiger partial charge in [-0.3, -0.25) is 14.5 Å². The minimum absolute atomic E-state index is 0.274. The van der Waals surface area contributed by atoms with Gasteiger partial charge in [-0.15, -0.1) is 0 Å². The highest BCUT2D eigenvalue weighted by molar-refractivity contribution is 6.10. The lowest BCUT2D eigenvalue weighted by Crippen LogP contribution is -2.36. The fourth-order valence-electron chi connectivity index (χ4n) is 3.91. The third-order valence-corrected chi connectivity index (χ3v) is 5.41. The van der Waals surface area contributed by atoms with Gasteiger partial charge in [0, 0.05) is 19.3 Å². The lowest BCUT2D eigenvalue weighted by atomic mass is 10.1. The van der Waals surface area contributed by atoms with Crippen molar-refractivity contribution in [2.45, 2.75) is 6.54 Å². The zero-order valence-electron chi connectivity index (χ0n) is 17.1. The lowest BCUT2D eigenvalue weighted by molar-refractivity contribution is 0.102. The third-order valence-electron chi connectivity index (χ3n) is 5.41. The van der Waals surface area contributed by atoms with Crippen molar-refractivity contribution in [3.63, 3.8) is 0 Å². The molecule has 1 N–H and O–H groups in total. The van der Waals surface area contributed by atoms with E-state index in [1.165, 1.54) is 0 Å². The Bertz CT molecular complexity index is 1180. The van der Waals surface area contributed by atoms with Crippen LogP contribution in [0.25, 0.3) is 10.9 Å². The van der Waals surface area contributed by atoms with Gasteiger partial charge in [-0.1, -0.05) is 42.5 Å². The van der Waals surface area contributed by atoms with E-state index in [4.69, 9.17) is 9.84 Å². The predicted octanol–water partition coefficient (Wildman–Crippen LogP) is 3.57. The first-order valence-electron chi connectivity index (χ1n) is 10.4. The number of rotatable bonds is 5. The van der Waals surface area contributed by atoms with E-state index in [2.05, 4.69) is 33.4 Å². The third kappa shape index (κ3) is 4.00. The number of pyridine rings is 1. The number of carbonyl (C=O) groups excluding carboxylic acids is 1. The van der Waals surface area contributed by atoms with E-state index in [9.17, 15) is 4.79 Å². The average Bonchev–Trinajstić information content (AvgIpc) is 3.18. The lowest BCUT2D eigenvalue weighted by Gasteiger charge is -2.29. The number of fused-ring (bicyclic) bond motifs is 1. The molecule has 0 radical (unpaired) electrons. The number of nitrogens with zero attached hydrogens (tertiary/aromatic N) is 4. The molecule has 0 saturated carbocycles. The van der Waals surface area contributed by atoms with Gasteiger partial charge in [-0.05, 0) is 29.8 Å². The Labute approximate surface area is 180 Å². The maximum Gasteiger partial charge on any atom is 0.275 e. The van der Waals surface area contributed by atoms with E-state index in [1.54, 1.807) is 24.4 Å². The van der Waals surface area contributed by atoms with Gasteiger partial charge in [0.05, 0.1) is 36.3 Å². The van der Waals surface area contributed by atoms with Gasteiger partial charge in [0.15, 0.2) is 5.82 Å². The van der Waals surface area contributed by atoms with Crippen molar-refractivity contribution in [1.82, 2.24) is 14.8 Å². The summed E-state index contributed by atoms with van der Waals surface area (Å²) >= 11 is 0. The molecular weight excluding hydrogens is 390 g/mol. The van der Waals surface area contributed by atoms with Crippen LogP contribution in [0.4, 0.5) is 11.5 Å². The maximum absolute atomic E-state index is 12.9. The second kappa shape index (κ2) is 8.57. The van der Waals surface area contributed by atoms with Crippen molar-refractivity contribution in [2.24, 2.45) is 0 Å². The molecule has 2 aromatic carbocycles. The summed E-state index contributed by atoms with van der Waals surface area (Å²) in [5.74, 6) is 0.271. The molecule has 31 heavy (non-hydrogen) atoms. The molecule has 1 amide bonds. The molecule has 4 aromatic rings. The molecule has 5 rings (SSSR count). The maximum atomic E-state index is 12.9. The van der Waals surface area contributed by atoms with E-state index in [-0.39, 0.29) is 5.91 Å². The molecule has 2 aromatic heterocycles. The molecule has 0 atom stereocenters. The van der Waals surface area contributed by atoms with Crippen molar-refractivity contribution in [2.75, 3.05) is 36.5 Å². The van der Waals surface area contributed by atoms with Crippen LogP contribution in [0.15, 0.2) is 72.9 Å². The highest BCUT2D eigenvalue weighted by atomic mass is 16.5. The molecule has 0 bridgehead atoms. The molecule has 1 fully saturated rings. The van der Waals surface area contributed by atoms with Crippen molar-refractivity contribution in [3.8, 4) is 0 Å². The number of hydrogen-bond acceptors (Lipinski definition) is 5. The van der Waals surface area contributed by atoms with E-state index in [1.807, 2.05) is 35.0 Å². The first-order chi connectivity index (χ1) is 15.3. The van der Waals surface area contributed by atoms with Crippen molar-refractivity contribution >= 4 is 28.3 Å². The van der Waals surface area contributed by atoms with E-state index in [0.29, 0.717) is 31.3 Å². The van der Waals surface area contributed by atoms with E-state index < -0.39 is 0 Å².